The highest BCUT2D eigenvalue weighted by Gasteiger charge is 2.31. The average Bonchev–Trinajstić information content (AvgIpc) is 2.37. The quantitative estimate of drug-likeness (QED) is 0.672. The highest BCUT2D eigenvalue weighted by molar-refractivity contribution is 5.81. The van der Waals surface area contributed by atoms with Gasteiger partial charge in [0.25, 0.3) is 0 Å². The minimum atomic E-state index is -4.41. The summed E-state index contributed by atoms with van der Waals surface area (Å²) in [5, 5.41) is 0. The van der Waals surface area contributed by atoms with Crippen LogP contribution in [0.1, 0.15) is 12.5 Å². The molecule has 1 aromatic carbocycles. The van der Waals surface area contributed by atoms with Crippen molar-refractivity contribution in [3.05, 3.63) is 23.8 Å². The summed E-state index contributed by atoms with van der Waals surface area (Å²) in [4.78, 5) is 5.78. The predicted molar refractivity (Wildman–Crippen MR) is 71.4 cm³/mol. The molecule has 0 atom stereocenters. The third kappa shape index (κ3) is 3.63. The van der Waals surface area contributed by atoms with Crippen LogP contribution in [0.5, 0.6) is 0 Å². The molecule has 4 nitrogen and oxygen atoms in total. The second-order valence-corrected chi connectivity index (χ2v) is 4.59. The van der Waals surface area contributed by atoms with Gasteiger partial charge in [0.15, 0.2) is 0 Å². The number of alkyl halides is 3. The first kappa shape index (κ1) is 14.6. The van der Waals surface area contributed by atoms with Gasteiger partial charge in [0.2, 0.25) is 0 Å². The van der Waals surface area contributed by atoms with Gasteiger partial charge in [-0.15, -0.1) is 0 Å². The second-order valence-electron chi connectivity index (χ2n) is 4.59. The summed E-state index contributed by atoms with van der Waals surface area (Å²) in [5.41, 5.74) is 5.42. The molecule has 1 fully saturated rings. The summed E-state index contributed by atoms with van der Waals surface area (Å²) >= 11 is 0. The molecule has 2 N–H and O–H groups in total. The van der Waals surface area contributed by atoms with Gasteiger partial charge in [0.05, 0.1) is 30.3 Å². The number of morpholine rings is 1. The number of hydrogen-bond acceptors (Lipinski definition) is 3. The molecule has 0 spiro atoms. The first-order valence-corrected chi connectivity index (χ1v) is 6.22. The zero-order valence-corrected chi connectivity index (χ0v) is 11.1. The Hall–Kier alpha value is -1.76. The fourth-order valence-electron chi connectivity index (χ4n) is 2.03. The molecular formula is C13H16F3N3O. The lowest BCUT2D eigenvalue weighted by Crippen LogP contribution is -2.36. The number of rotatable bonds is 2. The Balaban J connectivity index is 2.42. The van der Waals surface area contributed by atoms with E-state index in [2.05, 4.69) is 4.99 Å². The van der Waals surface area contributed by atoms with E-state index in [0.29, 0.717) is 32.0 Å². The molecule has 20 heavy (non-hydrogen) atoms. The first-order chi connectivity index (χ1) is 9.36. The lowest BCUT2D eigenvalue weighted by Gasteiger charge is -2.29. The van der Waals surface area contributed by atoms with Crippen LogP contribution in [-0.4, -0.2) is 32.1 Å². The van der Waals surface area contributed by atoms with Crippen LogP contribution in [0, 0.1) is 0 Å². The average molecular weight is 287 g/mol. The maximum Gasteiger partial charge on any atom is 0.416 e. The van der Waals surface area contributed by atoms with Crippen LogP contribution >= 0.6 is 0 Å². The Morgan fingerprint density at radius 1 is 1.25 bits per heavy atom. The molecule has 0 aliphatic carbocycles. The Morgan fingerprint density at radius 2 is 1.90 bits per heavy atom. The smallest absolute Gasteiger partial charge is 0.387 e. The summed E-state index contributed by atoms with van der Waals surface area (Å²) in [6.45, 7) is 3.67. The van der Waals surface area contributed by atoms with Crippen LogP contribution in [0.15, 0.2) is 23.2 Å². The number of nitrogens with zero attached hydrogens (tertiary/aromatic N) is 2. The molecule has 0 amide bonds. The SMILES string of the molecule is CC(N)=Nc1cc(N2CCOCC2)cc(C(F)(F)F)c1. The fourth-order valence-corrected chi connectivity index (χ4v) is 2.03. The maximum atomic E-state index is 12.9. The first-order valence-electron chi connectivity index (χ1n) is 6.22. The maximum absolute atomic E-state index is 12.9. The monoisotopic (exact) mass is 287 g/mol. The molecule has 0 radical (unpaired) electrons. The summed E-state index contributed by atoms with van der Waals surface area (Å²) in [7, 11) is 0. The van der Waals surface area contributed by atoms with Crippen LogP contribution in [-0.2, 0) is 10.9 Å². The molecule has 0 unspecified atom stereocenters. The van der Waals surface area contributed by atoms with Crippen molar-refractivity contribution >= 4 is 17.2 Å². The summed E-state index contributed by atoms with van der Waals surface area (Å²) in [6.07, 6.45) is -4.41. The fraction of sp³-hybridized carbons (Fsp3) is 0.462. The van der Waals surface area contributed by atoms with Crippen molar-refractivity contribution < 1.29 is 17.9 Å². The number of nitrogens with two attached hydrogens (primary N) is 1. The molecule has 0 bridgehead atoms. The van der Waals surface area contributed by atoms with E-state index in [1.165, 1.54) is 6.92 Å². The van der Waals surface area contributed by atoms with Crippen molar-refractivity contribution in [1.29, 1.82) is 0 Å². The predicted octanol–water partition coefficient (Wildman–Crippen LogP) is 2.55. The van der Waals surface area contributed by atoms with E-state index in [4.69, 9.17) is 10.5 Å². The molecule has 1 aliphatic heterocycles. The Kier molecular flexibility index (Phi) is 4.17. The zero-order valence-electron chi connectivity index (χ0n) is 11.1. The molecule has 1 aliphatic rings. The van der Waals surface area contributed by atoms with Crippen LogP contribution in [0.2, 0.25) is 0 Å². The Labute approximate surface area is 115 Å². The topological polar surface area (TPSA) is 50.8 Å². The van der Waals surface area contributed by atoms with Crippen molar-refractivity contribution in [3.8, 4) is 0 Å². The van der Waals surface area contributed by atoms with E-state index in [1.807, 2.05) is 4.90 Å². The second kappa shape index (κ2) is 5.70. The van der Waals surface area contributed by atoms with Gasteiger partial charge in [0, 0.05) is 18.8 Å². The van der Waals surface area contributed by atoms with Crippen LogP contribution in [0.4, 0.5) is 24.5 Å². The van der Waals surface area contributed by atoms with Crippen LogP contribution in [0.25, 0.3) is 0 Å². The lowest BCUT2D eigenvalue weighted by atomic mass is 10.1. The number of ether oxygens (including phenoxy) is 1. The van der Waals surface area contributed by atoms with E-state index in [9.17, 15) is 13.2 Å². The third-order valence-electron chi connectivity index (χ3n) is 2.91. The summed E-state index contributed by atoms with van der Waals surface area (Å²) in [5.74, 6) is 0.220. The summed E-state index contributed by atoms with van der Waals surface area (Å²) in [6, 6.07) is 3.74. The van der Waals surface area contributed by atoms with Gasteiger partial charge in [-0.05, 0) is 25.1 Å². The van der Waals surface area contributed by atoms with E-state index in [0.717, 1.165) is 12.1 Å². The third-order valence-corrected chi connectivity index (χ3v) is 2.91. The molecule has 7 heteroatoms. The van der Waals surface area contributed by atoms with Crippen molar-refractivity contribution in [1.82, 2.24) is 0 Å². The molecule has 1 heterocycles. The normalized spacial score (nSPS) is 17.4. The van der Waals surface area contributed by atoms with Crippen LogP contribution < -0.4 is 10.6 Å². The Bertz CT molecular complexity index is 504. The Morgan fingerprint density at radius 3 is 2.45 bits per heavy atom. The van der Waals surface area contributed by atoms with Crippen molar-refractivity contribution in [2.24, 2.45) is 10.7 Å². The molecule has 110 valence electrons. The standard InChI is InChI=1S/C13H16F3N3O/c1-9(17)18-11-6-10(13(14,15)16)7-12(8-11)19-2-4-20-5-3-19/h6-8H,2-5H2,1H3,(H2,17,18). The number of aliphatic imine (C=N–C) groups is 1. The zero-order chi connectivity index (χ0) is 14.8. The number of anilines is 1. The van der Waals surface area contributed by atoms with E-state index < -0.39 is 11.7 Å². The summed E-state index contributed by atoms with van der Waals surface area (Å²) < 4.78 is 44.0. The van der Waals surface area contributed by atoms with Gasteiger partial charge in [-0.25, -0.2) is 4.99 Å². The number of hydrogen-bond donors (Lipinski definition) is 1. The van der Waals surface area contributed by atoms with Crippen molar-refractivity contribution in [2.75, 3.05) is 31.2 Å². The van der Waals surface area contributed by atoms with Gasteiger partial charge in [-0.2, -0.15) is 13.2 Å². The van der Waals surface area contributed by atoms with Crippen molar-refractivity contribution in [3.63, 3.8) is 0 Å². The number of amidine groups is 1. The van der Waals surface area contributed by atoms with Crippen molar-refractivity contribution in [2.45, 2.75) is 13.1 Å². The number of benzene rings is 1. The van der Waals surface area contributed by atoms with Gasteiger partial charge in [-0.1, -0.05) is 0 Å². The minimum absolute atomic E-state index is 0.210. The molecule has 0 aromatic heterocycles. The van der Waals surface area contributed by atoms with Gasteiger partial charge in [-0.3, -0.25) is 0 Å². The molecular weight excluding hydrogens is 271 g/mol. The molecule has 1 saturated heterocycles. The van der Waals surface area contributed by atoms with Crippen LogP contribution in [0.3, 0.4) is 0 Å². The minimum Gasteiger partial charge on any atom is -0.387 e. The number of halogens is 3. The molecule has 2 rings (SSSR count). The lowest BCUT2D eigenvalue weighted by molar-refractivity contribution is -0.137. The highest BCUT2D eigenvalue weighted by atomic mass is 19.4. The largest absolute Gasteiger partial charge is 0.416 e. The molecule has 1 aromatic rings. The van der Waals surface area contributed by atoms with Gasteiger partial charge in [0.1, 0.15) is 0 Å². The van der Waals surface area contributed by atoms with Gasteiger partial charge >= 0.3 is 6.18 Å². The highest BCUT2D eigenvalue weighted by Crippen LogP contribution is 2.35. The van der Waals surface area contributed by atoms with E-state index >= 15 is 0 Å². The van der Waals surface area contributed by atoms with E-state index in [1.54, 1.807) is 6.07 Å². The van der Waals surface area contributed by atoms with E-state index in [-0.39, 0.29) is 11.5 Å². The molecule has 0 saturated carbocycles. The van der Waals surface area contributed by atoms with Gasteiger partial charge < -0.3 is 15.4 Å².